The fraction of sp³-hybridized carbons (Fsp3) is 0.148. The van der Waals surface area contributed by atoms with Gasteiger partial charge in [0.25, 0.3) is 5.91 Å². The van der Waals surface area contributed by atoms with E-state index < -0.39 is 5.91 Å². The molecule has 0 saturated carbocycles. The molecule has 164 valence electrons. The fourth-order valence-corrected chi connectivity index (χ4v) is 4.19. The van der Waals surface area contributed by atoms with E-state index in [0.717, 1.165) is 18.8 Å². The molecule has 0 aromatic heterocycles. The van der Waals surface area contributed by atoms with Crippen LogP contribution in [-0.4, -0.2) is 24.0 Å². The van der Waals surface area contributed by atoms with Gasteiger partial charge in [0, 0.05) is 41.3 Å². The summed E-state index contributed by atoms with van der Waals surface area (Å²) in [6, 6.07) is 22.0. The van der Waals surface area contributed by atoms with Crippen LogP contribution in [-0.2, 0) is 0 Å². The van der Waals surface area contributed by atoms with Crippen molar-refractivity contribution in [2.75, 3.05) is 23.3 Å². The number of fused-ring (bicyclic) bond motifs is 4. The Morgan fingerprint density at radius 1 is 0.939 bits per heavy atom. The fourth-order valence-electron chi connectivity index (χ4n) is 4.19. The van der Waals surface area contributed by atoms with Crippen molar-refractivity contribution in [3.05, 3.63) is 88.6 Å². The van der Waals surface area contributed by atoms with Crippen LogP contribution in [0.3, 0.4) is 0 Å². The van der Waals surface area contributed by atoms with E-state index in [4.69, 9.17) is 9.40 Å². The van der Waals surface area contributed by atoms with Crippen LogP contribution in [0.4, 0.5) is 11.4 Å². The first kappa shape index (κ1) is 20.7. The lowest BCUT2D eigenvalue weighted by Gasteiger charge is -2.21. The van der Waals surface area contributed by atoms with E-state index in [1.165, 1.54) is 0 Å². The summed E-state index contributed by atoms with van der Waals surface area (Å²) >= 11 is 0. The summed E-state index contributed by atoms with van der Waals surface area (Å²) in [5.74, 6) is -0.330. The quantitative estimate of drug-likeness (QED) is 0.288. The number of carbonyl (C=O) groups excluding carboxylic acids is 1. The molecular formula is C27H23N3O3. The zero-order valence-electron chi connectivity index (χ0n) is 18.5. The molecule has 0 bridgehead atoms. The van der Waals surface area contributed by atoms with Crippen molar-refractivity contribution in [1.29, 1.82) is 0 Å². The molecule has 0 saturated heterocycles. The predicted molar refractivity (Wildman–Crippen MR) is 132 cm³/mol. The lowest BCUT2D eigenvalue weighted by Crippen LogP contribution is -2.24. The standard InChI is InChI=1S/C27H23N3O3/c1-3-30(4-2)18-14-15-21-22(16-18)33-26-23(27(32)28-17-10-6-5-7-11-17)25(31)20-13-9-8-12-19(20)24(26)29-21/h5-16H,3-4H2,1-2H3,(H,28,32). The summed E-state index contributed by atoms with van der Waals surface area (Å²) in [7, 11) is 0. The zero-order valence-corrected chi connectivity index (χ0v) is 18.5. The number of hydrogen-bond acceptors (Lipinski definition) is 5. The number of hydrogen-bond donors (Lipinski definition) is 1. The summed E-state index contributed by atoms with van der Waals surface area (Å²) in [5.41, 5.74) is 2.85. The number of nitrogens with one attached hydrogen (secondary N) is 1. The van der Waals surface area contributed by atoms with Crippen LogP contribution in [0.1, 0.15) is 24.2 Å². The molecule has 1 aliphatic carbocycles. The second-order valence-electron chi connectivity index (χ2n) is 7.79. The van der Waals surface area contributed by atoms with Crippen molar-refractivity contribution >= 4 is 39.2 Å². The molecule has 0 radical (unpaired) electrons. The van der Waals surface area contributed by atoms with E-state index >= 15 is 0 Å². The molecule has 1 N–H and O–H groups in total. The average molecular weight is 437 g/mol. The van der Waals surface area contributed by atoms with Crippen LogP contribution >= 0.6 is 0 Å². The third-order valence-corrected chi connectivity index (χ3v) is 5.87. The maximum absolute atomic E-state index is 13.4. The average Bonchev–Trinajstić information content (AvgIpc) is 2.84. The predicted octanol–water partition coefficient (Wildman–Crippen LogP) is 5.54. The minimum absolute atomic E-state index is 0.0461. The van der Waals surface area contributed by atoms with Crippen molar-refractivity contribution in [2.24, 2.45) is 0 Å². The first-order valence-corrected chi connectivity index (χ1v) is 11.0. The topological polar surface area (TPSA) is 75.4 Å². The van der Waals surface area contributed by atoms with E-state index in [9.17, 15) is 9.59 Å². The lowest BCUT2D eigenvalue weighted by molar-refractivity contribution is 0.102. The van der Waals surface area contributed by atoms with Crippen LogP contribution in [0.15, 0.2) is 82.0 Å². The van der Waals surface area contributed by atoms with Gasteiger partial charge in [-0.1, -0.05) is 42.5 Å². The van der Waals surface area contributed by atoms with Gasteiger partial charge in [0.05, 0.1) is 0 Å². The molecule has 0 atom stereocenters. The highest BCUT2D eigenvalue weighted by Gasteiger charge is 2.27. The van der Waals surface area contributed by atoms with E-state index in [-0.39, 0.29) is 16.8 Å². The Hall–Kier alpha value is -4.19. The van der Waals surface area contributed by atoms with Crippen LogP contribution in [0, 0.1) is 0 Å². The largest absolute Gasteiger partial charge is 0.452 e. The highest BCUT2D eigenvalue weighted by Crippen LogP contribution is 2.34. The summed E-state index contributed by atoms with van der Waals surface area (Å²) in [4.78, 5) is 33.7. The Morgan fingerprint density at radius 3 is 2.36 bits per heavy atom. The monoisotopic (exact) mass is 437 g/mol. The number of amides is 1. The van der Waals surface area contributed by atoms with Gasteiger partial charge in [0.1, 0.15) is 16.8 Å². The van der Waals surface area contributed by atoms with E-state index in [0.29, 0.717) is 33.3 Å². The smallest absolute Gasteiger partial charge is 0.263 e. The van der Waals surface area contributed by atoms with Crippen LogP contribution in [0.5, 0.6) is 0 Å². The van der Waals surface area contributed by atoms with Crippen LogP contribution in [0.2, 0.25) is 0 Å². The Labute approximate surface area is 190 Å². The Kier molecular flexibility index (Phi) is 5.26. The summed E-state index contributed by atoms with van der Waals surface area (Å²) < 4.78 is 6.25. The molecule has 2 aliphatic rings. The van der Waals surface area contributed by atoms with Gasteiger partial charge in [-0.15, -0.1) is 0 Å². The molecular weight excluding hydrogens is 414 g/mol. The molecule has 1 aliphatic heterocycles. The van der Waals surface area contributed by atoms with Crippen molar-refractivity contribution in [3.63, 3.8) is 0 Å². The third kappa shape index (κ3) is 3.59. The second kappa shape index (κ2) is 8.39. The second-order valence-corrected chi connectivity index (χ2v) is 7.79. The van der Waals surface area contributed by atoms with Crippen molar-refractivity contribution in [2.45, 2.75) is 13.8 Å². The van der Waals surface area contributed by atoms with Crippen molar-refractivity contribution in [1.82, 2.24) is 4.98 Å². The van der Waals surface area contributed by atoms with E-state index in [1.54, 1.807) is 24.3 Å². The van der Waals surface area contributed by atoms with E-state index in [1.807, 2.05) is 48.5 Å². The van der Waals surface area contributed by atoms with Gasteiger partial charge in [-0.05, 0) is 38.1 Å². The van der Waals surface area contributed by atoms with Gasteiger partial charge < -0.3 is 14.6 Å². The van der Waals surface area contributed by atoms with Gasteiger partial charge in [-0.3, -0.25) is 9.59 Å². The maximum atomic E-state index is 13.4. The summed E-state index contributed by atoms with van der Waals surface area (Å²) in [6.45, 7) is 5.88. The van der Waals surface area contributed by atoms with Gasteiger partial charge in [0.2, 0.25) is 5.43 Å². The van der Waals surface area contributed by atoms with Crippen molar-refractivity contribution < 1.29 is 9.21 Å². The first-order chi connectivity index (χ1) is 16.1. The number of nitrogens with zero attached hydrogens (tertiary/aromatic N) is 2. The first-order valence-electron chi connectivity index (χ1n) is 11.0. The molecule has 33 heavy (non-hydrogen) atoms. The molecule has 3 aromatic carbocycles. The SMILES string of the molecule is CCN(CC)c1ccc2nc3c4ccccc4c(=O)c(C(=O)Nc4ccccc4)c-3oc2c1. The highest BCUT2D eigenvalue weighted by molar-refractivity contribution is 6.13. The molecule has 0 spiro atoms. The molecule has 5 rings (SSSR count). The van der Waals surface area contributed by atoms with Crippen LogP contribution < -0.4 is 15.6 Å². The molecule has 6 nitrogen and oxygen atoms in total. The number of benzene rings is 4. The van der Waals surface area contributed by atoms with Gasteiger partial charge in [0.15, 0.2) is 11.3 Å². The minimum atomic E-state index is -0.522. The molecule has 1 amide bonds. The molecule has 1 heterocycles. The number of rotatable bonds is 5. The normalized spacial score (nSPS) is 11.2. The van der Waals surface area contributed by atoms with Gasteiger partial charge in [-0.2, -0.15) is 0 Å². The molecule has 3 aromatic rings. The summed E-state index contributed by atoms with van der Waals surface area (Å²) in [5, 5.41) is 3.91. The summed E-state index contributed by atoms with van der Waals surface area (Å²) in [6.07, 6.45) is 0. The van der Waals surface area contributed by atoms with Gasteiger partial charge >= 0.3 is 0 Å². The molecule has 6 heteroatoms. The lowest BCUT2D eigenvalue weighted by atomic mass is 9.98. The molecule has 0 fully saturated rings. The number of carbonyl (C=O) groups is 1. The maximum Gasteiger partial charge on any atom is 0.263 e. The van der Waals surface area contributed by atoms with E-state index in [2.05, 4.69) is 24.1 Å². The zero-order chi connectivity index (χ0) is 22.9. The highest BCUT2D eigenvalue weighted by atomic mass is 16.3. The third-order valence-electron chi connectivity index (χ3n) is 5.87. The number of aromatic nitrogens is 1. The Balaban J connectivity index is 1.78. The Bertz CT molecular complexity index is 1500. The van der Waals surface area contributed by atoms with Gasteiger partial charge in [-0.25, -0.2) is 4.98 Å². The number of anilines is 2. The number of para-hydroxylation sites is 1. The Morgan fingerprint density at radius 2 is 1.64 bits per heavy atom. The van der Waals surface area contributed by atoms with Crippen LogP contribution in [0.25, 0.3) is 33.3 Å². The minimum Gasteiger partial charge on any atom is -0.452 e. The van der Waals surface area contributed by atoms with Crippen molar-refractivity contribution in [3.8, 4) is 11.5 Å². The molecule has 0 unspecified atom stereocenters.